The highest BCUT2D eigenvalue weighted by Gasteiger charge is 2.28. The summed E-state index contributed by atoms with van der Waals surface area (Å²) >= 11 is 0. The van der Waals surface area contributed by atoms with E-state index < -0.39 is 0 Å². The quantitative estimate of drug-likeness (QED) is 0.896. The van der Waals surface area contributed by atoms with Crippen LogP contribution in [0.3, 0.4) is 0 Å². The molecule has 1 aromatic heterocycles. The van der Waals surface area contributed by atoms with Gasteiger partial charge in [-0.15, -0.1) is 0 Å². The number of nitrogens with one attached hydrogen (secondary N) is 1. The van der Waals surface area contributed by atoms with Gasteiger partial charge in [0.15, 0.2) is 0 Å². The van der Waals surface area contributed by atoms with E-state index in [1.807, 2.05) is 0 Å². The molecule has 0 saturated heterocycles. The fourth-order valence-corrected chi connectivity index (χ4v) is 2.30. The van der Waals surface area contributed by atoms with E-state index in [0.29, 0.717) is 6.04 Å². The number of rotatable bonds is 3. The number of hydrogen-bond donors (Lipinski definition) is 1. The largest absolute Gasteiger partial charge is 0.324 e. The first-order valence-electron chi connectivity index (χ1n) is 6.75. The Morgan fingerprint density at radius 1 is 1.28 bits per heavy atom. The summed E-state index contributed by atoms with van der Waals surface area (Å²) < 4.78 is 2.42. The second-order valence-corrected chi connectivity index (χ2v) is 6.22. The van der Waals surface area contributed by atoms with Crippen LogP contribution in [-0.4, -0.2) is 15.1 Å². The Labute approximate surface area is 108 Å². The number of fused-ring (bicyclic) bond motifs is 1. The second kappa shape index (κ2) is 4.09. The third-order valence-electron chi connectivity index (χ3n) is 3.36. The first-order chi connectivity index (χ1) is 8.54. The van der Waals surface area contributed by atoms with Crippen LogP contribution in [0, 0.1) is 0 Å². The highest BCUT2D eigenvalue weighted by Crippen LogP contribution is 2.38. The molecular weight excluding hydrogens is 222 g/mol. The molecule has 3 nitrogen and oxygen atoms in total. The van der Waals surface area contributed by atoms with Crippen LogP contribution in [0.5, 0.6) is 0 Å². The van der Waals surface area contributed by atoms with Crippen molar-refractivity contribution in [1.29, 1.82) is 0 Å². The summed E-state index contributed by atoms with van der Waals surface area (Å²) in [5, 5.41) is 3.54. The van der Waals surface area contributed by atoms with Crippen LogP contribution >= 0.6 is 0 Å². The van der Waals surface area contributed by atoms with Gasteiger partial charge in [0.2, 0.25) is 0 Å². The Morgan fingerprint density at radius 3 is 2.67 bits per heavy atom. The predicted octanol–water partition coefficient (Wildman–Crippen LogP) is 3.26. The van der Waals surface area contributed by atoms with Crippen LogP contribution in [0.1, 0.15) is 45.5 Å². The maximum atomic E-state index is 4.78. The second-order valence-electron chi connectivity index (χ2n) is 6.22. The van der Waals surface area contributed by atoms with E-state index in [1.54, 1.807) is 0 Å². The van der Waals surface area contributed by atoms with Gasteiger partial charge in [-0.1, -0.05) is 12.1 Å². The van der Waals surface area contributed by atoms with Crippen molar-refractivity contribution in [2.24, 2.45) is 0 Å². The van der Waals surface area contributed by atoms with Crippen molar-refractivity contribution >= 4 is 11.0 Å². The molecule has 0 aliphatic heterocycles. The summed E-state index contributed by atoms with van der Waals surface area (Å²) in [4.78, 5) is 4.78. The lowest BCUT2D eigenvalue weighted by Crippen LogP contribution is -2.35. The Morgan fingerprint density at radius 2 is 2.00 bits per heavy atom. The molecule has 1 aliphatic carbocycles. The molecule has 1 saturated carbocycles. The van der Waals surface area contributed by atoms with Gasteiger partial charge in [-0.25, -0.2) is 4.98 Å². The molecule has 2 aromatic rings. The standard InChI is InChI=1S/C15H21N3/c1-15(2,3)16-10-14-17-12-6-4-5-7-13(12)18(14)11-8-9-11/h4-7,11,16H,8-10H2,1-3H3. The van der Waals surface area contributed by atoms with E-state index in [-0.39, 0.29) is 5.54 Å². The third-order valence-corrected chi connectivity index (χ3v) is 3.36. The lowest BCUT2D eigenvalue weighted by molar-refractivity contribution is 0.412. The molecule has 0 amide bonds. The van der Waals surface area contributed by atoms with Gasteiger partial charge < -0.3 is 9.88 Å². The average Bonchev–Trinajstić information content (AvgIpc) is 3.06. The maximum absolute atomic E-state index is 4.78. The molecule has 0 bridgehead atoms. The average molecular weight is 243 g/mol. The van der Waals surface area contributed by atoms with Gasteiger partial charge in [-0.3, -0.25) is 0 Å². The fourth-order valence-electron chi connectivity index (χ4n) is 2.30. The molecule has 0 spiro atoms. The lowest BCUT2D eigenvalue weighted by Gasteiger charge is -2.20. The van der Waals surface area contributed by atoms with E-state index in [0.717, 1.165) is 12.1 Å². The molecule has 0 unspecified atom stereocenters. The van der Waals surface area contributed by atoms with Gasteiger partial charge in [-0.05, 0) is 45.7 Å². The molecule has 1 heterocycles. The number of hydrogen-bond acceptors (Lipinski definition) is 2. The Bertz CT molecular complexity index is 559. The smallest absolute Gasteiger partial charge is 0.124 e. The van der Waals surface area contributed by atoms with Crippen LogP contribution in [0.4, 0.5) is 0 Å². The number of benzene rings is 1. The summed E-state index contributed by atoms with van der Waals surface area (Å²) in [6.45, 7) is 7.42. The molecule has 1 N–H and O–H groups in total. The van der Waals surface area contributed by atoms with Crippen LogP contribution in [0.25, 0.3) is 11.0 Å². The molecule has 3 heteroatoms. The Balaban J connectivity index is 1.97. The summed E-state index contributed by atoms with van der Waals surface area (Å²) in [5.41, 5.74) is 2.53. The van der Waals surface area contributed by atoms with Crippen molar-refractivity contribution in [3.05, 3.63) is 30.1 Å². The molecule has 0 atom stereocenters. The zero-order valence-electron chi connectivity index (χ0n) is 11.4. The number of nitrogens with zero attached hydrogens (tertiary/aromatic N) is 2. The number of para-hydroxylation sites is 2. The number of imidazole rings is 1. The van der Waals surface area contributed by atoms with Crippen molar-refractivity contribution in [1.82, 2.24) is 14.9 Å². The molecule has 0 radical (unpaired) electrons. The molecule has 1 fully saturated rings. The minimum atomic E-state index is 0.131. The first kappa shape index (κ1) is 11.7. The SMILES string of the molecule is CC(C)(C)NCc1nc2ccccc2n1C1CC1. The zero-order chi connectivity index (χ0) is 12.8. The molecule has 18 heavy (non-hydrogen) atoms. The van der Waals surface area contributed by atoms with E-state index in [2.05, 4.69) is 54.9 Å². The Kier molecular flexibility index (Phi) is 2.67. The van der Waals surface area contributed by atoms with Gasteiger partial charge in [-0.2, -0.15) is 0 Å². The van der Waals surface area contributed by atoms with Crippen molar-refractivity contribution in [2.75, 3.05) is 0 Å². The molecule has 96 valence electrons. The van der Waals surface area contributed by atoms with E-state index in [4.69, 9.17) is 4.98 Å². The van der Waals surface area contributed by atoms with Crippen molar-refractivity contribution in [2.45, 2.75) is 51.7 Å². The predicted molar refractivity (Wildman–Crippen MR) is 74.6 cm³/mol. The van der Waals surface area contributed by atoms with Crippen LogP contribution < -0.4 is 5.32 Å². The van der Waals surface area contributed by atoms with Crippen molar-refractivity contribution < 1.29 is 0 Å². The van der Waals surface area contributed by atoms with Crippen molar-refractivity contribution in [3.63, 3.8) is 0 Å². The highest BCUT2D eigenvalue weighted by molar-refractivity contribution is 5.76. The van der Waals surface area contributed by atoms with Crippen LogP contribution in [0.15, 0.2) is 24.3 Å². The fraction of sp³-hybridized carbons (Fsp3) is 0.533. The summed E-state index contributed by atoms with van der Waals surface area (Å²) in [6, 6.07) is 9.13. The normalized spacial score (nSPS) is 16.4. The summed E-state index contributed by atoms with van der Waals surface area (Å²) in [5.74, 6) is 1.17. The molecule has 1 aliphatic rings. The number of aromatic nitrogens is 2. The first-order valence-corrected chi connectivity index (χ1v) is 6.75. The van der Waals surface area contributed by atoms with Gasteiger partial charge in [0.25, 0.3) is 0 Å². The van der Waals surface area contributed by atoms with Crippen molar-refractivity contribution in [3.8, 4) is 0 Å². The van der Waals surface area contributed by atoms with Crippen LogP contribution in [-0.2, 0) is 6.54 Å². The van der Waals surface area contributed by atoms with Gasteiger partial charge in [0, 0.05) is 11.6 Å². The molecular formula is C15H21N3. The van der Waals surface area contributed by atoms with E-state index >= 15 is 0 Å². The summed E-state index contributed by atoms with van der Waals surface area (Å²) in [7, 11) is 0. The van der Waals surface area contributed by atoms with Crippen LogP contribution in [0.2, 0.25) is 0 Å². The van der Waals surface area contributed by atoms with Gasteiger partial charge in [0.05, 0.1) is 17.6 Å². The van der Waals surface area contributed by atoms with Gasteiger partial charge in [0.1, 0.15) is 5.82 Å². The topological polar surface area (TPSA) is 29.9 Å². The van der Waals surface area contributed by atoms with Gasteiger partial charge >= 0.3 is 0 Å². The van der Waals surface area contributed by atoms with E-state index in [1.165, 1.54) is 24.2 Å². The highest BCUT2D eigenvalue weighted by atomic mass is 15.2. The molecule has 1 aromatic carbocycles. The monoisotopic (exact) mass is 243 g/mol. The molecule has 3 rings (SSSR count). The lowest BCUT2D eigenvalue weighted by atomic mass is 10.1. The summed E-state index contributed by atoms with van der Waals surface area (Å²) in [6.07, 6.45) is 2.59. The minimum absolute atomic E-state index is 0.131. The third kappa shape index (κ3) is 2.27. The zero-order valence-corrected chi connectivity index (χ0v) is 11.4. The minimum Gasteiger partial charge on any atom is -0.324 e. The maximum Gasteiger partial charge on any atom is 0.124 e. The van der Waals surface area contributed by atoms with E-state index in [9.17, 15) is 0 Å². The Hall–Kier alpha value is -1.35.